The van der Waals surface area contributed by atoms with E-state index in [1.54, 1.807) is 0 Å². The van der Waals surface area contributed by atoms with E-state index in [4.69, 9.17) is 15.2 Å². The summed E-state index contributed by atoms with van der Waals surface area (Å²) < 4.78 is 11.0. The quantitative estimate of drug-likeness (QED) is 0.818. The summed E-state index contributed by atoms with van der Waals surface area (Å²) in [5.41, 5.74) is 8.38. The molecular formula is C17H25NO3. The van der Waals surface area contributed by atoms with E-state index in [1.807, 2.05) is 6.92 Å². The van der Waals surface area contributed by atoms with Gasteiger partial charge in [-0.05, 0) is 44.7 Å². The minimum atomic E-state index is -0.177. The molecule has 0 radical (unpaired) electrons. The molecule has 0 aliphatic carbocycles. The third kappa shape index (κ3) is 4.21. The van der Waals surface area contributed by atoms with Crippen LogP contribution in [0.15, 0.2) is 18.2 Å². The lowest BCUT2D eigenvalue weighted by Crippen LogP contribution is -2.26. The summed E-state index contributed by atoms with van der Waals surface area (Å²) in [6.07, 6.45) is 2.65. The van der Waals surface area contributed by atoms with Crippen LogP contribution in [0.25, 0.3) is 0 Å². The van der Waals surface area contributed by atoms with Crippen molar-refractivity contribution >= 4 is 5.97 Å². The summed E-state index contributed by atoms with van der Waals surface area (Å²) in [5.74, 6) is 0.803. The Morgan fingerprint density at radius 2 is 2.24 bits per heavy atom. The van der Waals surface area contributed by atoms with Crippen LogP contribution in [0.3, 0.4) is 0 Å². The van der Waals surface area contributed by atoms with E-state index in [0.717, 1.165) is 24.2 Å². The number of ether oxygens (including phenoxy) is 2. The van der Waals surface area contributed by atoms with E-state index in [-0.39, 0.29) is 17.6 Å². The molecule has 1 heterocycles. The summed E-state index contributed by atoms with van der Waals surface area (Å²) in [6, 6.07) is 6.16. The summed E-state index contributed by atoms with van der Waals surface area (Å²) in [4.78, 5) is 11.4. The SMILES string of the molecule is CCOC(=O)CCC(N)Cc1cccc2c1OC(C)(C)C2. The maximum Gasteiger partial charge on any atom is 0.305 e. The second-order valence-corrected chi connectivity index (χ2v) is 6.25. The van der Waals surface area contributed by atoms with Crippen LogP contribution in [0.4, 0.5) is 0 Å². The van der Waals surface area contributed by atoms with Crippen LogP contribution in [0.1, 0.15) is 44.7 Å². The van der Waals surface area contributed by atoms with Crippen molar-refractivity contribution in [3.8, 4) is 5.75 Å². The second kappa shape index (κ2) is 6.48. The number of rotatable bonds is 6. The Kier molecular flexibility index (Phi) is 4.88. The average Bonchev–Trinajstić information content (AvgIpc) is 2.72. The molecule has 0 saturated heterocycles. The molecule has 1 aliphatic heterocycles. The van der Waals surface area contributed by atoms with Crippen molar-refractivity contribution in [3.63, 3.8) is 0 Å². The zero-order valence-corrected chi connectivity index (χ0v) is 13.1. The lowest BCUT2D eigenvalue weighted by molar-refractivity contribution is -0.143. The van der Waals surface area contributed by atoms with Gasteiger partial charge in [0.2, 0.25) is 0 Å². The molecule has 0 aromatic heterocycles. The van der Waals surface area contributed by atoms with Crippen molar-refractivity contribution in [3.05, 3.63) is 29.3 Å². The molecule has 1 aromatic rings. The lowest BCUT2D eigenvalue weighted by atomic mass is 9.97. The van der Waals surface area contributed by atoms with Gasteiger partial charge < -0.3 is 15.2 Å². The number of para-hydroxylation sites is 1. The predicted octanol–water partition coefficient (Wildman–Crippen LogP) is 2.61. The van der Waals surface area contributed by atoms with Crippen LogP contribution in [-0.4, -0.2) is 24.2 Å². The Morgan fingerprint density at radius 1 is 1.48 bits per heavy atom. The van der Waals surface area contributed by atoms with Gasteiger partial charge in [-0.25, -0.2) is 0 Å². The van der Waals surface area contributed by atoms with Crippen molar-refractivity contribution in [2.24, 2.45) is 5.73 Å². The summed E-state index contributed by atoms with van der Waals surface area (Å²) in [6.45, 7) is 6.42. The standard InChI is InChI=1S/C17H25NO3/c1-4-20-15(19)9-8-14(18)10-12-6-5-7-13-11-17(2,3)21-16(12)13/h5-7,14H,4,8-11,18H2,1-3H3. The van der Waals surface area contributed by atoms with Gasteiger partial charge in [0.1, 0.15) is 11.4 Å². The Hall–Kier alpha value is -1.55. The lowest BCUT2D eigenvalue weighted by Gasteiger charge is -2.19. The van der Waals surface area contributed by atoms with Gasteiger partial charge in [0.15, 0.2) is 0 Å². The summed E-state index contributed by atoms with van der Waals surface area (Å²) >= 11 is 0. The molecule has 0 bridgehead atoms. The minimum Gasteiger partial charge on any atom is -0.487 e. The number of carbonyl (C=O) groups is 1. The van der Waals surface area contributed by atoms with Gasteiger partial charge in [0.05, 0.1) is 6.61 Å². The molecule has 4 heteroatoms. The van der Waals surface area contributed by atoms with Crippen molar-refractivity contribution in [1.82, 2.24) is 0 Å². The van der Waals surface area contributed by atoms with E-state index >= 15 is 0 Å². The molecule has 0 saturated carbocycles. The molecule has 1 unspecified atom stereocenters. The van der Waals surface area contributed by atoms with Crippen molar-refractivity contribution in [1.29, 1.82) is 0 Å². The number of carbonyl (C=O) groups excluding carboxylic acids is 1. The maximum absolute atomic E-state index is 11.4. The monoisotopic (exact) mass is 291 g/mol. The molecule has 4 nitrogen and oxygen atoms in total. The molecule has 0 fully saturated rings. The highest BCUT2D eigenvalue weighted by Gasteiger charge is 2.31. The zero-order valence-electron chi connectivity index (χ0n) is 13.1. The number of benzene rings is 1. The zero-order chi connectivity index (χ0) is 15.5. The Balaban J connectivity index is 1.95. The average molecular weight is 291 g/mol. The molecule has 2 N–H and O–H groups in total. The number of nitrogens with two attached hydrogens (primary N) is 1. The molecule has 0 spiro atoms. The van der Waals surface area contributed by atoms with Crippen molar-refractivity contribution in [2.45, 2.75) is 58.1 Å². The predicted molar refractivity (Wildman–Crippen MR) is 82.4 cm³/mol. The highest BCUT2D eigenvalue weighted by molar-refractivity contribution is 5.69. The topological polar surface area (TPSA) is 61.5 Å². The number of hydrogen-bond donors (Lipinski definition) is 1. The first-order valence-electron chi connectivity index (χ1n) is 7.62. The van der Waals surface area contributed by atoms with Crippen LogP contribution < -0.4 is 10.5 Å². The second-order valence-electron chi connectivity index (χ2n) is 6.25. The fourth-order valence-electron chi connectivity index (χ4n) is 2.76. The van der Waals surface area contributed by atoms with Gasteiger partial charge in [-0.3, -0.25) is 4.79 Å². The fraction of sp³-hybridized carbons (Fsp3) is 0.588. The molecule has 2 rings (SSSR count). The molecule has 1 aliphatic rings. The first-order valence-corrected chi connectivity index (χ1v) is 7.62. The van der Waals surface area contributed by atoms with Gasteiger partial charge >= 0.3 is 5.97 Å². The Bertz CT molecular complexity index is 511. The van der Waals surface area contributed by atoms with Crippen molar-refractivity contribution in [2.75, 3.05) is 6.61 Å². The highest BCUT2D eigenvalue weighted by atomic mass is 16.5. The molecular weight excluding hydrogens is 266 g/mol. The van der Waals surface area contributed by atoms with Crippen molar-refractivity contribution < 1.29 is 14.3 Å². The molecule has 21 heavy (non-hydrogen) atoms. The van der Waals surface area contributed by atoms with E-state index in [0.29, 0.717) is 19.4 Å². The van der Waals surface area contributed by atoms with E-state index in [2.05, 4.69) is 32.0 Å². The Labute approximate surface area is 126 Å². The van der Waals surface area contributed by atoms with Crippen LogP contribution >= 0.6 is 0 Å². The molecule has 1 atom stereocenters. The highest BCUT2D eigenvalue weighted by Crippen LogP contribution is 2.38. The first kappa shape index (κ1) is 15.8. The largest absolute Gasteiger partial charge is 0.487 e. The fourth-order valence-corrected chi connectivity index (χ4v) is 2.76. The van der Waals surface area contributed by atoms with Gasteiger partial charge in [-0.2, -0.15) is 0 Å². The summed E-state index contributed by atoms with van der Waals surface area (Å²) in [5, 5.41) is 0. The molecule has 1 aromatic carbocycles. The van der Waals surface area contributed by atoms with E-state index in [1.165, 1.54) is 5.56 Å². The van der Waals surface area contributed by atoms with Crippen LogP contribution in [0.2, 0.25) is 0 Å². The first-order chi connectivity index (χ1) is 9.91. The summed E-state index contributed by atoms with van der Waals surface area (Å²) in [7, 11) is 0. The third-order valence-corrected chi connectivity index (χ3v) is 3.68. The van der Waals surface area contributed by atoms with E-state index in [9.17, 15) is 4.79 Å². The van der Waals surface area contributed by atoms with E-state index < -0.39 is 0 Å². The number of hydrogen-bond acceptors (Lipinski definition) is 4. The maximum atomic E-state index is 11.4. The molecule has 0 amide bonds. The minimum absolute atomic E-state index is 0.0618. The smallest absolute Gasteiger partial charge is 0.305 e. The van der Waals surface area contributed by atoms with Gasteiger partial charge in [-0.15, -0.1) is 0 Å². The van der Waals surface area contributed by atoms with Gasteiger partial charge in [0, 0.05) is 18.9 Å². The number of esters is 1. The van der Waals surface area contributed by atoms with Gasteiger partial charge in [0.25, 0.3) is 0 Å². The Morgan fingerprint density at radius 3 is 2.95 bits per heavy atom. The van der Waals surface area contributed by atoms with Crippen LogP contribution in [-0.2, 0) is 22.4 Å². The van der Waals surface area contributed by atoms with Gasteiger partial charge in [-0.1, -0.05) is 18.2 Å². The normalized spacial score (nSPS) is 17.0. The van der Waals surface area contributed by atoms with Crippen LogP contribution in [0, 0.1) is 0 Å². The van der Waals surface area contributed by atoms with Crippen LogP contribution in [0.5, 0.6) is 5.75 Å². The number of fused-ring (bicyclic) bond motifs is 1. The third-order valence-electron chi connectivity index (χ3n) is 3.68. The molecule has 116 valence electrons.